The van der Waals surface area contributed by atoms with Gasteiger partial charge in [-0.2, -0.15) is 0 Å². The topological polar surface area (TPSA) is 119 Å². The fourth-order valence-corrected chi connectivity index (χ4v) is 4.37. The van der Waals surface area contributed by atoms with Gasteiger partial charge in [0.05, 0.1) is 11.6 Å². The van der Waals surface area contributed by atoms with Crippen molar-refractivity contribution in [2.24, 2.45) is 17.8 Å². The molecule has 2 bridgehead atoms. The highest BCUT2D eigenvalue weighted by Crippen LogP contribution is 2.40. The summed E-state index contributed by atoms with van der Waals surface area (Å²) in [6, 6.07) is 4.48. The van der Waals surface area contributed by atoms with Crippen LogP contribution in [-0.4, -0.2) is 36.0 Å². The molecule has 0 radical (unpaired) electrons. The second kappa shape index (κ2) is 9.19. The molecular formula is C22H26N2O6. The standard InChI is InChI=1S/C22H26N2O6/c1-12(25)23-17-6-7-18(19(10-17)24-13(2)26)20(27)11-30-22(29)16-8-14-4-3-5-15(9-16)21(14)28/h6-7,10,14-16H,3-5,8-9,11H2,1-2H3,(H,23,25)(H,24,26)/t14-,15-/m1/s1. The lowest BCUT2D eigenvalue weighted by molar-refractivity contribution is -0.152. The van der Waals surface area contributed by atoms with Crippen LogP contribution in [0.2, 0.25) is 0 Å². The van der Waals surface area contributed by atoms with Gasteiger partial charge in [-0.15, -0.1) is 0 Å². The maximum absolute atomic E-state index is 12.6. The van der Waals surface area contributed by atoms with Crippen LogP contribution in [0.25, 0.3) is 0 Å². The van der Waals surface area contributed by atoms with Gasteiger partial charge < -0.3 is 15.4 Å². The molecule has 30 heavy (non-hydrogen) atoms. The maximum Gasteiger partial charge on any atom is 0.309 e. The predicted octanol–water partition coefficient (Wildman–Crippen LogP) is 2.72. The number of Topliss-reactive ketones (excluding diaryl/α,β-unsaturated/α-hetero) is 2. The molecule has 8 nitrogen and oxygen atoms in total. The van der Waals surface area contributed by atoms with Gasteiger partial charge >= 0.3 is 5.97 Å². The predicted molar refractivity (Wildman–Crippen MR) is 109 cm³/mol. The second-order valence-corrected chi connectivity index (χ2v) is 8.05. The first kappa shape index (κ1) is 21.7. The van der Waals surface area contributed by atoms with E-state index in [2.05, 4.69) is 10.6 Å². The monoisotopic (exact) mass is 414 g/mol. The van der Waals surface area contributed by atoms with E-state index in [-0.39, 0.29) is 46.6 Å². The Labute approximate surface area is 174 Å². The molecule has 0 aromatic heterocycles. The number of esters is 1. The molecule has 0 saturated heterocycles. The fourth-order valence-electron chi connectivity index (χ4n) is 4.37. The van der Waals surface area contributed by atoms with Crippen LogP contribution in [0, 0.1) is 17.8 Å². The Morgan fingerprint density at radius 1 is 1.00 bits per heavy atom. The van der Waals surface area contributed by atoms with Crippen LogP contribution in [0.1, 0.15) is 56.3 Å². The number of nitrogens with one attached hydrogen (secondary N) is 2. The first-order valence-electron chi connectivity index (χ1n) is 10.2. The number of hydrogen-bond donors (Lipinski definition) is 2. The van der Waals surface area contributed by atoms with Crippen molar-refractivity contribution in [2.75, 3.05) is 17.2 Å². The maximum atomic E-state index is 12.6. The number of ether oxygens (including phenoxy) is 1. The van der Waals surface area contributed by atoms with Gasteiger partial charge in [0.2, 0.25) is 17.6 Å². The van der Waals surface area contributed by atoms with Gasteiger partial charge in [-0.1, -0.05) is 6.42 Å². The molecule has 2 aliphatic carbocycles. The van der Waals surface area contributed by atoms with Gasteiger partial charge in [-0.05, 0) is 43.9 Å². The summed E-state index contributed by atoms with van der Waals surface area (Å²) in [5.41, 5.74) is 0.841. The van der Waals surface area contributed by atoms with Gasteiger partial charge in [-0.3, -0.25) is 24.0 Å². The summed E-state index contributed by atoms with van der Waals surface area (Å²) in [4.78, 5) is 60.1. The summed E-state index contributed by atoms with van der Waals surface area (Å²) in [6.45, 7) is 2.20. The Hall–Kier alpha value is -3.03. The van der Waals surface area contributed by atoms with Crippen LogP contribution in [0.3, 0.4) is 0 Å². The van der Waals surface area contributed by atoms with Crippen molar-refractivity contribution in [3.63, 3.8) is 0 Å². The molecule has 160 valence electrons. The Morgan fingerprint density at radius 2 is 1.63 bits per heavy atom. The molecule has 0 heterocycles. The summed E-state index contributed by atoms with van der Waals surface area (Å²) >= 11 is 0. The number of ketones is 2. The molecule has 0 unspecified atom stereocenters. The molecular weight excluding hydrogens is 388 g/mol. The summed E-state index contributed by atoms with van der Waals surface area (Å²) in [7, 11) is 0. The van der Waals surface area contributed by atoms with Crippen LogP contribution >= 0.6 is 0 Å². The Kier molecular flexibility index (Phi) is 6.64. The molecule has 3 rings (SSSR count). The minimum atomic E-state index is -0.464. The molecule has 1 aromatic carbocycles. The number of anilines is 2. The van der Waals surface area contributed by atoms with E-state index in [9.17, 15) is 24.0 Å². The fraction of sp³-hybridized carbons (Fsp3) is 0.500. The van der Waals surface area contributed by atoms with Crippen molar-refractivity contribution in [1.29, 1.82) is 0 Å². The number of benzene rings is 1. The first-order valence-corrected chi connectivity index (χ1v) is 10.2. The van der Waals surface area contributed by atoms with E-state index in [0.29, 0.717) is 18.5 Å². The number of carbonyl (C=O) groups excluding carboxylic acids is 5. The lowest BCUT2D eigenvalue weighted by Crippen LogP contribution is -2.39. The minimum Gasteiger partial charge on any atom is -0.457 e. The van der Waals surface area contributed by atoms with Gasteiger partial charge in [0.15, 0.2) is 6.61 Å². The Morgan fingerprint density at radius 3 is 2.23 bits per heavy atom. The lowest BCUT2D eigenvalue weighted by Gasteiger charge is -2.36. The van der Waals surface area contributed by atoms with Gasteiger partial charge in [0, 0.05) is 36.9 Å². The minimum absolute atomic E-state index is 0.0709. The molecule has 2 aliphatic rings. The van der Waals surface area contributed by atoms with Crippen molar-refractivity contribution in [1.82, 2.24) is 0 Å². The van der Waals surface area contributed by atoms with E-state index in [0.717, 1.165) is 19.3 Å². The third-order valence-electron chi connectivity index (χ3n) is 5.68. The van der Waals surface area contributed by atoms with Crippen LogP contribution in [0.4, 0.5) is 11.4 Å². The molecule has 2 atom stereocenters. The van der Waals surface area contributed by atoms with Crippen molar-refractivity contribution >= 4 is 40.7 Å². The highest BCUT2D eigenvalue weighted by atomic mass is 16.5. The summed E-state index contributed by atoms with van der Waals surface area (Å²) < 4.78 is 5.27. The summed E-state index contributed by atoms with van der Waals surface area (Å²) in [5, 5.41) is 5.15. The lowest BCUT2D eigenvalue weighted by atomic mass is 9.67. The highest BCUT2D eigenvalue weighted by molar-refractivity contribution is 6.06. The highest BCUT2D eigenvalue weighted by Gasteiger charge is 2.41. The average molecular weight is 414 g/mol. The molecule has 8 heteroatoms. The smallest absolute Gasteiger partial charge is 0.309 e. The number of amides is 2. The van der Waals surface area contributed by atoms with Crippen LogP contribution in [0.5, 0.6) is 0 Å². The van der Waals surface area contributed by atoms with Crippen molar-refractivity contribution in [2.45, 2.75) is 46.0 Å². The zero-order valence-electron chi connectivity index (χ0n) is 17.2. The van der Waals surface area contributed by atoms with E-state index in [1.807, 2.05) is 0 Å². The number of fused-ring (bicyclic) bond motifs is 2. The first-order chi connectivity index (χ1) is 14.2. The van der Waals surface area contributed by atoms with Crippen molar-refractivity contribution < 1.29 is 28.7 Å². The van der Waals surface area contributed by atoms with E-state index in [1.165, 1.54) is 32.0 Å². The van der Waals surface area contributed by atoms with Crippen molar-refractivity contribution in [3.8, 4) is 0 Å². The third kappa shape index (κ3) is 5.11. The quantitative estimate of drug-likeness (QED) is 0.546. The summed E-state index contributed by atoms with van der Waals surface area (Å²) in [5.74, 6) is -1.82. The number of carbonyl (C=O) groups is 5. The van der Waals surface area contributed by atoms with Crippen molar-refractivity contribution in [3.05, 3.63) is 23.8 Å². The second-order valence-electron chi connectivity index (χ2n) is 8.05. The van der Waals surface area contributed by atoms with Crippen LogP contribution in [-0.2, 0) is 23.9 Å². The average Bonchev–Trinajstić information content (AvgIpc) is 2.65. The zero-order valence-corrected chi connectivity index (χ0v) is 17.2. The van der Waals surface area contributed by atoms with E-state index in [4.69, 9.17) is 4.74 Å². The number of rotatable bonds is 6. The van der Waals surface area contributed by atoms with Crippen LogP contribution in [0.15, 0.2) is 18.2 Å². The number of hydrogen-bond acceptors (Lipinski definition) is 6. The Bertz CT molecular complexity index is 878. The van der Waals surface area contributed by atoms with E-state index < -0.39 is 18.4 Å². The normalized spacial score (nSPS) is 22.7. The van der Waals surface area contributed by atoms with Crippen LogP contribution < -0.4 is 10.6 Å². The van der Waals surface area contributed by atoms with Gasteiger partial charge in [-0.25, -0.2) is 0 Å². The Balaban J connectivity index is 1.65. The SMILES string of the molecule is CC(=O)Nc1ccc(C(=O)COC(=O)C2C[C@H]3CCC[C@H](C2)C3=O)c(NC(C)=O)c1. The molecule has 0 spiro atoms. The molecule has 0 aliphatic heterocycles. The zero-order chi connectivity index (χ0) is 21.8. The summed E-state index contributed by atoms with van der Waals surface area (Å²) in [6.07, 6.45) is 3.63. The molecule has 2 saturated carbocycles. The van der Waals surface area contributed by atoms with Gasteiger partial charge in [0.25, 0.3) is 0 Å². The van der Waals surface area contributed by atoms with Gasteiger partial charge in [0.1, 0.15) is 5.78 Å². The van der Waals surface area contributed by atoms with E-state index >= 15 is 0 Å². The molecule has 2 fully saturated rings. The molecule has 2 amide bonds. The molecule has 1 aromatic rings. The van der Waals surface area contributed by atoms with E-state index in [1.54, 1.807) is 0 Å². The molecule has 2 N–H and O–H groups in total. The largest absolute Gasteiger partial charge is 0.457 e. The third-order valence-corrected chi connectivity index (χ3v) is 5.68.